The van der Waals surface area contributed by atoms with Crippen LogP contribution in [0.3, 0.4) is 0 Å². The Hall–Kier alpha value is -2.06. The third-order valence-electron chi connectivity index (χ3n) is 4.36. The number of hydrogen-bond acceptors (Lipinski definition) is 6. The monoisotopic (exact) mass is 388 g/mol. The molecule has 28 heavy (non-hydrogen) atoms. The third kappa shape index (κ3) is 7.90. The molecule has 7 nitrogen and oxygen atoms in total. The first kappa shape index (κ1) is 22.2. The standard InChI is InChI=1S/C21H32N4O3/c1-24(2)11-7-10-22-14-19(26)16-28-20(12-17-13-23-25(3)15-17)21(27)18-8-5-4-6-9-18/h4-6,8-9,13,15,19-20,22,26H,7,10-12,14,16H2,1-3H3. The molecule has 0 fully saturated rings. The number of benzene rings is 1. The molecule has 1 aromatic heterocycles. The van der Waals surface area contributed by atoms with Crippen molar-refractivity contribution in [2.24, 2.45) is 7.05 Å². The van der Waals surface area contributed by atoms with E-state index in [4.69, 9.17) is 4.74 Å². The molecule has 0 saturated heterocycles. The molecule has 1 aromatic carbocycles. The zero-order valence-electron chi connectivity index (χ0n) is 17.0. The summed E-state index contributed by atoms with van der Waals surface area (Å²) in [7, 11) is 5.91. The Bertz CT molecular complexity index is 703. The van der Waals surface area contributed by atoms with Gasteiger partial charge in [0.25, 0.3) is 0 Å². The van der Waals surface area contributed by atoms with Crippen molar-refractivity contribution in [1.82, 2.24) is 20.0 Å². The van der Waals surface area contributed by atoms with Gasteiger partial charge in [-0.25, -0.2) is 0 Å². The number of hydrogen-bond donors (Lipinski definition) is 2. The largest absolute Gasteiger partial charge is 0.389 e. The van der Waals surface area contributed by atoms with Gasteiger partial charge in [-0.2, -0.15) is 5.10 Å². The molecule has 2 unspecified atom stereocenters. The second-order valence-electron chi connectivity index (χ2n) is 7.29. The van der Waals surface area contributed by atoms with E-state index in [2.05, 4.69) is 15.3 Å². The third-order valence-corrected chi connectivity index (χ3v) is 4.36. The van der Waals surface area contributed by atoms with E-state index in [1.54, 1.807) is 23.0 Å². The minimum absolute atomic E-state index is 0.0874. The number of ether oxygens (including phenoxy) is 1. The summed E-state index contributed by atoms with van der Waals surface area (Å²) in [5.74, 6) is -0.0874. The number of nitrogens with one attached hydrogen (secondary N) is 1. The Morgan fingerprint density at radius 3 is 2.71 bits per heavy atom. The molecular weight excluding hydrogens is 356 g/mol. The molecule has 7 heteroatoms. The number of nitrogens with zero attached hydrogens (tertiary/aromatic N) is 3. The lowest BCUT2D eigenvalue weighted by molar-refractivity contribution is -0.00167. The van der Waals surface area contributed by atoms with Gasteiger partial charge in [0.05, 0.1) is 18.9 Å². The molecule has 0 saturated carbocycles. The van der Waals surface area contributed by atoms with Crippen LogP contribution in [0.4, 0.5) is 0 Å². The number of aryl methyl sites for hydroxylation is 1. The molecule has 0 spiro atoms. The highest BCUT2D eigenvalue weighted by molar-refractivity contribution is 5.99. The number of carbonyl (C=O) groups excluding carboxylic acids is 1. The van der Waals surface area contributed by atoms with Gasteiger partial charge in [-0.05, 0) is 39.2 Å². The van der Waals surface area contributed by atoms with E-state index in [1.165, 1.54) is 0 Å². The number of aliphatic hydroxyl groups excluding tert-OH is 1. The van der Waals surface area contributed by atoms with Gasteiger partial charge in [-0.1, -0.05) is 30.3 Å². The molecule has 154 valence electrons. The highest BCUT2D eigenvalue weighted by Gasteiger charge is 2.23. The number of Topliss-reactive ketones (excluding diaryl/α,β-unsaturated/α-hetero) is 1. The van der Waals surface area contributed by atoms with E-state index < -0.39 is 12.2 Å². The summed E-state index contributed by atoms with van der Waals surface area (Å²) < 4.78 is 7.54. The number of ketones is 1. The Morgan fingerprint density at radius 2 is 2.07 bits per heavy atom. The summed E-state index contributed by atoms with van der Waals surface area (Å²) in [6, 6.07) is 9.11. The molecular formula is C21H32N4O3. The fraction of sp³-hybridized carbons (Fsp3) is 0.524. The van der Waals surface area contributed by atoms with Crippen LogP contribution in [-0.4, -0.2) is 78.1 Å². The summed E-state index contributed by atoms with van der Waals surface area (Å²) in [5, 5.41) is 17.6. The van der Waals surface area contributed by atoms with E-state index in [-0.39, 0.29) is 12.4 Å². The first-order valence-electron chi connectivity index (χ1n) is 9.67. The number of aromatic nitrogens is 2. The Morgan fingerprint density at radius 1 is 1.32 bits per heavy atom. The molecule has 1 heterocycles. The van der Waals surface area contributed by atoms with Crippen molar-refractivity contribution in [2.75, 3.05) is 40.3 Å². The fourth-order valence-electron chi connectivity index (χ4n) is 2.88. The molecule has 0 aliphatic rings. The van der Waals surface area contributed by atoms with Crippen molar-refractivity contribution in [1.29, 1.82) is 0 Å². The SMILES string of the molecule is CN(C)CCCNCC(O)COC(Cc1cnn(C)c1)C(=O)c1ccccc1. The van der Waals surface area contributed by atoms with Crippen molar-refractivity contribution >= 4 is 5.78 Å². The lowest BCUT2D eigenvalue weighted by Gasteiger charge is -2.19. The van der Waals surface area contributed by atoms with Gasteiger partial charge in [-0.15, -0.1) is 0 Å². The van der Waals surface area contributed by atoms with Gasteiger partial charge in [-0.3, -0.25) is 9.48 Å². The first-order valence-corrected chi connectivity index (χ1v) is 9.67. The van der Waals surface area contributed by atoms with Crippen LogP contribution in [0, 0.1) is 0 Å². The van der Waals surface area contributed by atoms with E-state index >= 15 is 0 Å². The van der Waals surface area contributed by atoms with Crippen LogP contribution in [0.25, 0.3) is 0 Å². The van der Waals surface area contributed by atoms with Crippen molar-refractivity contribution in [3.8, 4) is 0 Å². The van der Waals surface area contributed by atoms with Gasteiger partial charge < -0.3 is 20.1 Å². The Balaban J connectivity index is 1.87. The average molecular weight is 389 g/mol. The number of carbonyl (C=O) groups is 1. The van der Waals surface area contributed by atoms with E-state index in [0.29, 0.717) is 18.5 Å². The maximum absolute atomic E-state index is 12.9. The van der Waals surface area contributed by atoms with Gasteiger partial charge in [0, 0.05) is 31.8 Å². The molecule has 0 aliphatic carbocycles. The van der Waals surface area contributed by atoms with E-state index in [1.807, 2.05) is 45.5 Å². The van der Waals surface area contributed by atoms with Crippen LogP contribution in [0.2, 0.25) is 0 Å². The van der Waals surface area contributed by atoms with E-state index in [0.717, 1.165) is 25.1 Å². The molecule has 0 bridgehead atoms. The fourth-order valence-corrected chi connectivity index (χ4v) is 2.88. The molecule has 0 aliphatic heterocycles. The number of aliphatic hydroxyl groups is 1. The van der Waals surface area contributed by atoms with Crippen molar-refractivity contribution in [3.05, 3.63) is 53.9 Å². The van der Waals surface area contributed by atoms with Crippen molar-refractivity contribution in [2.45, 2.75) is 25.0 Å². The zero-order valence-corrected chi connectivity index (χ0v) is 17.0. The summed E-state index contributed by atoms with van der Waals surface area (Å²) in [5.41, 5.74) is 1.53. The average Bonchev–Trinajstić information content (AvgIpc) is 3.09. The van der Waals surface area contributed by atoms with Crippen molar-refractivity contribution in [3.63, 3.8) is 0 Å². The topological polar surface area (TPSA) is 79.6 Å². The summed E-state index contributed by atoms with van der Waals surface area (Å²) in [6.45, 7) is 2.37. The lowest BCUT2D eigenvalue weighted by atomic mass is 10.0. The minimum Gasteiger partial charge on any atom is -0.389 e. The highest BCUT2D eigenvalue weighted by Crippen LogP contribution is 2.12. The summed E-state index contributed by atoms with van der Waals surface area (Å²) in [6.07, 6.45) is 3.71. The quantitative estimate of drug-likeness (QED) is 0.396. The molecule has 2 rings (SSSR count). The minimum atomic E-state index is -0.667. The van der Waals surface area contributed by atoms with Crippen molar-refractivity contribution < 1.29 is 14.6 Å². The molecule has 0 radical (unpaired) electrons. The smallest absolute Gasteiger partial charge is 0.191 e. The highest BCUT2D eigenvalue weighted by atomic mass is 16.5. The zero-order chi connectivity index (χ0) is 20.4. The summed E-state index contributed by atoms with van der Waals surface area (Å²) >= 11 is 0. The second-order valence-corrected chi connectivity index (χ2v) is 7.29. The Kier molecular flexibility index (Phi) is 9.30. The van der Waals surface area contributed by atoms with Gasteiger partial charge in [0.1, 0.15) is 6.10 Å². The first-order chi connectivity index (χ1) is 13.5. The predicted molar refractivity (Wildman–Crippen MR) is 109 cm³/mol. The molecule has 2 atom stereocenters. The van der Waals surface area contributed by atoms with E-state index in [9.17, 15) is 9.90 Å². The second kappa shape index (κ2) is 11.7. The maximum atomic E-state index is 12.9. The Labute approximate surface area is 167 Å². The lowest BCUT2D eigenvalue weighted by Crippen LogP contribution is -2.35. The molecule has 2 aromatic rings. The van der Waals surface area contributed by atoms with Gasteiger partial charge in [0.15, 0.2) is 5.78 Å². The van der Waals surface area contributed by atoms with Gasteiger partial charge >= 0.3 is 0 Å². The van der Waals surface area contributed by atoms with Crippen LogP contribution < -0.4 is 5.32 Å². The van der Waals surface area contributed by atoms with Crippen LogP contribution in [0.5, 0.6) is 0 Å². The summed E-state index contributed by atoms with van der Waals surface area (Å²) in [4.78, 5) is 15.0. The van der Waals surface area contributed by atoms with Crippen LogP contribution in [0.15, 0.2) is 42.7 Å². The normalized spacial score (nSPS) is 13.6. The number of rotatable bonds is 13. The predicted octanol–water partition coefficient (Wildman–Crippen LogP) is 1.13. The maximum Gasteiger partial charge on any atom is 0.191 e. The molecule has 2 N–H and O–H groups in total. The van der Waals surface area contributed by atoms with Crippen LogP contribution in [0.1, 0.15) is 22.3 Å². The van der Waals surface area contributed by atoms with Crippen LogP contribution in [-0.2, 0) is 18.2 Å². The van der Waals surface area contributed by atoms with Crippen LogP contribution >= 0.6 is 0 Å². The van der Waals surface area contributed by atoms with Gasteiger partial charge in [0.2, 0.25) is 0 Å². The molecule has 0 amide bonds.